The molecule has 4 heteroatoms. The van der Waals surface area contributed by atoms with E-state index in [1.54, 1.807) is 0 Å². The number of halogens is 1. The Hall–Kier alpha value is -1.52. The minimum Gasteiger partial charge on any atom is -0.491 e. The molecular formula is C17H20BrNO2. The van der Waals surface area contributed by atoms with Crippen LogP contribution in [0.5, 0.6) is 5.75 Å². The second-order valence-electron chi connectivity index (χ2n) is 5.08. The van der Waals surface area contributed by atoms with Crippen LogP contribution in [0.15, 0.2) is 46.9 Å². The lowest BCUT2D eigenvalue weighted by Crippen LogP contribution is -2.26. The lowest BCUT2D eigenvalue weighted by Gasteiger charge is -2.15. The first kappa shape index (κ1) is 15.9. The van der Waals surface area contributed by atoms with Crippen molar-refractivity contribution in [2.75, 3.05) is 18.5 Å². The number of para-hydroxylation sites is 1. The third-order valence-electron chi connectivity index (χ3n) is 3.22. The van der Waals surface area contributed by atoms with E-state index in [-0.39, 0.29) is 6.61 Å². The van der Waals surface area contributed by atoms with Gasteiger partial charge in [-0.1, -0.05) is 34.1 Å². The standard InChI is InChI=1S/C17H20BrNO2/c1-12-5-3-4-6-17(12)21-11-15(20)10-19-14-7-8-16(18)13(2)9-14/h3-9,15,19-20H,10-11H2,1-2H3. The van der Waals surface area contributed by atoms with E-state index in [0.29, 0.717) is 6.54 Å². The lowest BCUT2D eigenvalue weighted by molar-refractivity contribution is 0.117. The van der Waals surface area contributed by atoms with Gasteiger partial charge in [0.15, 0.2) is 0 Å². The average Bonchev–Trinajstić information content (AvgIpc) is 2.47. The number of aliphatic hydroxyl groups is 1. The number of aliphatic hydroxyl groups excluding tert-OH is 1. The quantitative estimate of drug-likeness (QED) is 0.830. The number of hydrogen-bond acceptors (Lipinski definition) is 3. The van der Waals surface area contributed by atoms with Gasteiger partial charge in [-0.05, 0) is 49.2 Å². The van der Waals surface area contributed by atoms with Crippen molar-refractivity contribution in [3.8, 4) is 5.75 Å². The van der Waals surface area contributed by atoms with Gasteiger partial charge in [0, 0.05) is 16.7 Å². The maximum absolute atomic E-state index is 9.99. The van der Waals surface area contributed by atoms with E-state index in [2.05, 4.69) is 21.2 Å². The molecule has 0 amide bonds. The van der Waals surface area contributed by atoms with Crippen molar-refractivity contribution in [1.29, 1.82) is 0 Å². The van der Waals surface area contributed by atoms with Crippen LogP contribution in [0.3, 0.4) is 0 Å². The molecular weight excluding hydrogens is 330 g/mol. The minimum atomic E-state index is -0.562. The topological polar surface area (TPSA) is 41.5 Å². The summed E-state index contributed by atoms with van der Waals surface area (Å²) in [6.45, 7) is 4.75. The molecule has 112 valence electrons. The molecule has 0 spiro atoms. The maximum Gasteiger partial charge on any atom is 0.122 e. The first-order valence-electron chi connectivity index (χ1n) is 6.93. The summed E-state index contributed by atoms with van der Waals surface area (Å²) < 4.78 is 6.71. The minimum absolute atomic E-state index is 0.271. The predicted octanol–water partition coefficient (Wildman–Crippen LogP) is 3.92. The maximum atomic E-state index is 9.99. The van der Waals surface area contributed by atoms with E-state index in [1.165, 1.54) is 0 Å². The van der Waals surface area contributed by atoms with Crippen molar-refractivity contribution in [3.63, 3.8) is 0 Å². The molecule has 3 nitrogen and oxygen atoms in total. The number of hydrogen-bond donors (Lipinski definition) is 2. The fourth-order valence-corrected chi connectivity index (χ4v) is 2.20. The molecule has 0 saturated carbocycles. The largest absolute Gasteiger partial charge is 0.491 e. The summed E-state index contributed by atoms with van der Waals surface area (Å²) in [7, 11) is 0. The third kappa shape index (κ3) is 4.76. The second-order valence-corrected chi connectivity index (χ2v) is 5.93. The van der Waals surface area contributed by atoms with Gasteiger partial charge in [-0.2, -0.15) is 0 Å². The Kier molecular flexibility index (Phi) is 5.65. The Bertz CT molecular complexity index is 601. The summed E-state index contributed by atoms with van der Waals surface area (Å²) in [4.78, 5) is 0. The molecule has 0 aliphatic carbocycles. The molecule has 1 unspecified atom stereocenters. The normalized spacial score (nSPS) is 12.0. The molecule has 21 heavy (non-hydrogen) atoms. The van der Waals surface area contributed by atoms with Gasteiger partial charge >= 0.3 is 0 Å². The van der Waals surface area contributed by atoms with Gasteiger partial charge in [-0.15, -0.1) is 0 Å². The molecule has 0 saturated heterocycles. The van der Waals surface area contributed by atoms with E-state index >= 15 is 0 Å². The summed E-state index contributed by atoms with van der Waals surface area (Å²) in [5, 5.41) is 13.2. The van der Waals surface area contributed by atoms with E-state index in [9.17, 15) is 5.11 Å². The number of ether oxygens (including phenoxy) is 1. The van der Waals surface area contributed by atoms with Crippen LogP contribution in [0.4, 0.5) is 5.69 Å². The number of nitrogens with one attached hydrogen (secondary N) is 1. The Balaban J connectivity index is 1.81. The molecule has 2 rings (SSSR count). The molecule has 2 aromatic rings. The molecule has 2 N–H and O–H groups in total. The highest BCUT2D eigenvalue weighted by molar-refractivity contribution is 9.10. The van der Waals surface area contributed by atoms with Crippen LogP contribution in [0, 0.1) is 13.8 Å². The van der Waals surface area contributed by atoms with Crippen LogP contribution >= 0.6 is 15.9 Å². The van der Waals surface area contributed by atoms with Crippen molar-refractivity contribution in [1.82, 2.24) is 0 Å². The molecule has 2 aromatic carbocycles. The van der Waals surface area contributed by atoms with Gasteiger partial charge in [0.2, 0.25) is 0 Å². The first-order chi connectivity index (χ1) is 10.1. The van der Waals surface area contributed by atoms with Crippen LogP contribution in [0.25, 0.3) is 0 Å². The van der Waals surface area contributed by atoms with Crippen LogP contribution in [0.1, 0.15) is 11.1 Å². The van der Waals surface area contributed by atoms with Crippen molar-refractivity contribution in [2.24, 2.45) is 0 Å². The zero-order chi connectivity index (χ0) is 15.2. The van der Waals surface area contributed by atoms with E-state index in [0.717, 1.165) is 27.0 Å². The van der Waals surface area contributed by atoms with Crippen LogP contribution < -0.4 is 10.1 Å². The molecule has 0 bridgehead atoms. The summed E-state index contributed by atoms with van der Waals surface area (Å²) in [5.74, 6) is 0.816. The Labute approximate surface area is 134 Å². The monoisotopic (exact) mass is 349 g/mol. The number of anilines is 1. The van der Waals surface area contributed by atoms with E-state index in [1.807, 2.05) is 56.3 Å². The summed E-state index contributed by atoms with van der Waals surface area (Å²) in [6.07, 6.45) is -0.562. The summed E-state index contributed by atoms with van der Waals surface area (Å²) >= 11 is 3.47. The molecule has 0 fully saturated rings. The lowest BCUT2D eigenvalue weighted by atomic mass is 10.2. The average molecular weight is 350 g/mol. The zero-order valence-corrected chi connectivity index (χ0v) is 13.9. The fraction of sp³-hybridized carbons (Fsp3) is 0.294. The second kappa shape index (κ2) is 7.48. The molecule has 0 radical (unpaired) electrons. The van der Waals surface area contributed by atoms with Gasteiger partial charge in [-0.25, -0.2) is 0 Å². The van der Waals surface area contributed by atoms with E-state index < -0.39 is 6.10 Å². The zero-order valence-electron chi connectivity index (χ0n) is 12.3. The predicted molar refractivity (Wildman–Crippen MR) is 90.0 cm³/mol. The van der Waals surface area contributed by atoms with Gasteiger partial charge in [0.1, 0.15) is 18.5 Å². The van der Waals surface area contributed by atoms with Gasteiger partial charge in [0.25, 0.3) is 0 Å². The Morgan fingerprint density at radius 2 is 1.90 bits per heavy atom. The van der Waals surface area contributed by atoms with Gasteiger partial charge in [-0.3, -0.25) is 0 Å². The van der Waals surface area contributed by atoms with Crippen LogP contribution in [-0.4, -0.2) is 24.4 Å². The number of aryl methyl sites for hydroxylation is 2. The van der Waals surface area contributed by atoms with Crippen molar-refractivity contribution in [2.45, 2.75) is 20.0 Å². The SMILES string of the molecule is Cc1cc(NCC(O)COc2ccccc2C)ccc1Br. The molecule has 0 aliphatic rings. The van der Waals surface area contributed by atoms with Crippen LogP contribution in [0.2, 0.25) is 0 Å². The molecule has 1 atom stereocenters. The molecule has 0 aromatic heterocycles. The fourth-order valence-electron chi connectivity index (χ4n) is 1.95. The van der Waals surface area contributed by atoms with Crippen LogP contribution in [-0.2, 0) is 0 Å². The summed E-state index contributed by atoms with van der Waals surface area (Å²) in [5.41, 5.74) is 3.22. The van der Waals surface area contributed by atoms with E-state index in [4.69, 9.17) is 4.74 Å². The Morgan fingerprint density at radius 3 is 2.62 bits per heavy atom. The van der Waals surface area contributed by atoms with Gasteiger partial charge in [0.05, 0.1) is 0 Å². The van der Waals surface area contributed by atoms with Crippen molar-refractivity contribution >= 4 is 21.6 Å². The highest BCUT2D eigenvalue weighted by Crippen LogP contribution is 2.20. The Morgan fingerprint density at radius 1 is 1.14 bits per heavy atom. The first-order valence-corrected chi connectivity index (χ1v) is 7.72. The highest BCUT2D eigenvalue weighted by atomic mass is 79.9. The van der Waals surface area contributed by atoms with Crippen molar-refractivity contribution < 1.29 is 9.84 Å². The smallest absolute Gasteiger partial charge is 0.122 e. The van der Waals surface area contributed by atoms with Gasteiger partial charge < -0.3 is 15.2 Å². The summed E-state index contributed by atoms with van der Waals surface area (Å²) in [6, 6.07) is 13.8. The molecule has 0 heterocycles. The number of benzene rings is 2. The highest BCUT2D eigenvalue weighted by Gasteiger charge is 2.07. The molecule has 0 aliphatic heterocycles. The van der Waals surface area contributed by atoms with Crippen molar-refractivity contribution in [3.05, 3.63) is 58.1 Å². The number of rotatable bonds is 6. The third-order valence-corrected chi connectivity index (χ3v) is 4.11.